The summed E-state index contributed by atoms with van der Waals surface area (Å²) in [5.41, 5.74) is 1.18. The van der Waals surface area contributed by atoms with Gasteiger partial charge in [0.15, 0.2) is 0 Å². The smallest absolute Gasteiger partial charge is 0.250 e. The van der Waals surface area contributed by atoms with Gasteiger partial charge >= 0.3 is 0 Å². The topological polar surface area (TPSA) is 22.0 Å². The number of unbranched alkanes of at least 4 members (excludes halogenated alkanes) is 6. The van der Waals surface area contributed by atoms with Crippen LogP contribution < -0.4 is 5.56 Å². The molecule has 0 bridgehead atoms. The van der Waals surface area contributed by atoms with Crippen LogP contribution in [0.4, 0.5) is 0 Å². The van der Waals surface area contributed by atoms with Crippen molar-refractivity contribution in [1.29, 1.82) is 0 Å². The highest BCUT2D eigenvalue weighted by Gasteiger charge is 1.96. The number of hydrogen-bond donors (Lipinski definition) is 0. The lowest BCUT2D eigenvalue weighted by atomic mass is 10.1. The van der Waals surface area contributed by atoms with Crippen LogP contribution in [0.25, 0.3) is 0 Å². The summed E-state index contributed by atoms with van der Waals surface area (Å²) in [6, 6.07) is 3.71. The summed E-state index contributed by atoms with van der Waals surface area (Å²) in [6.45, 7) is 2.82. The van der Waals surface area contributed by atoms with E-state index in [9.17, 15) is 4.79 Å². The average Bonchev–Trinajstić information content (AvgIpc) is 2.35. The molecular weight excluding hydrogens is 290 g/mol. The van der Waals surface area contributed by atoms with Gasteiger partial charge in [0.25, 0.3) is 5.56 Å². The molecule has 0 saturated heterocycles. The van der Waals surface area contributed by atoms with Gasteiger partial charge in [0.1, 0.15) is 0 Å². The summed E-state index contributed by atoms with van der Waals surface area (Å²) in [5, 5.41) is 1.13. The molecule has 1 aromatic rings. The second-order valence-electron chi connectivity index (χ2n) is 4.90. The summed E-state index contributed by atoms with van der Waals surface area (Å²) >= 11 is 3.45. The van der Waals surface area contributed by atoms with Gasteiger partial charge in [-0.25, -0.2) is 0 Å². The maximum atomic E-state index is 11.6. The third-order valence-corrected chi connectivity index (χ3v) is 3.74. The molecule has 0 amide bonds. The highest BCUT2D eigenvalue weighted by atomic mass is 79.9. The van der Waals surface area contributed by atoms with E-state index >= 15 is 0 Å². The average molecular weight is 314 g/mol. The first-order valence-electron chi connectivity index (χ1n) is 6.97. The van der Waals surface area contributed by atoms with Gasteiger partial charge in [-0.2, -0.15) is 0 Å². The van der Waals surface area contributed by atoms with E-state index in [1.807, 2.05) is 23.8 Å². The van der Waals surface area contributed by atoms with E-state index in [1.54, 1.807) is 6.07 Å². The first-order chi connectivity index (χ1) is 8.74. The largest absolute Gasteiger partial charge is 0.316 e. The van der Waals surface area contributed by atoms with E-state index < -0.39 is 0 Å². The number of pyridine rings is 1. The molecule has 102 valence electrons. The molecule has 0 unspecified atom stereocenters. The Balaban J connectivity index is 2.09. The van der Waals surface area contributed by atoms with Crippen molar-refractivity contribution in [2.45, 2.75) is 58.4 Å². The number of aromatic nitrogens is 1. The number of rotatable bonds is 9. The fourth-order valence-corrected chi connectivity index (χ4v) is 2.45. The summed E-state index contributed by atoms with van der Waals surface area (Å²) in [5.74, 6) is 0. The van der Waals surface area contributed by atoms with E-state index in [0.717, 1.165) is 23.9 Å². The summed E-state index contributed by atoms with van der Waals surface area (Å²) < 4.78 is 1.82. The Hall–Kier alpha value is -0.570. The number of aryl methyl sites for hydroxylation is 2. The van der Waals surface area contributed by atoms with E-state index in [-0.39, 0.29) is 5.56 Å². The number of halogens is 1. The molecular formula is C15H24BrNO. The van der Waals surface area contributed by atoms with Crippen LogP contribution >= 0.6 is 15.9 Å². The number of hydrogen-bond acceptors (Lipinski definition) is 1. The van der Waals surface area contributed by atoms with Gasteiger partial charge in [0.2, 0.25) is 0 Å². The lowest BCUT2D eigenvalue weighted by Gasteiger charge is -2.05. The molecule has 18 heavy (non-hydrogen) atoms. The van der Waals surface area contributed by atoms with Crippen molar-refractivity contribution in [1.82, 2.24) is 4.57 Å². The molecule has 0 spiro atoms. The zero-order valence-corrected chi connectivity index (χ0v) is 12.9. The second kappa shape index (κ2) is 9.37. The van der Waals surface area contributed by atoms with Gasteiger partial charge in [-0.05, 0) is 31.4 Å². The normalized spacial score (nSPS) is 10.8. The van der Waals surface area contributed by atoms with Crippen molar-refractivity contribution in [3.8, 4) is 0 Å². The molecule has 1 heterocycles. The summed E-state index contributed by atoms with van der Waals surface area (Å²) in [7, 11) is 0. The Bertz CT molecular complexity index is 386. The standard InChI is InChI=1S/C15H24BrNO/c1-14-9-12-17(15(18)13-14)11-8-6-4-2-3-5-7-10-16/h9,12-13H,2-8,10-11H2,1H3. The van der Waals surface area contributed by atoms with Crippen molar-refractivity contribution >= 4 is 15.9 Å². The molecule has 0 aromatic carbocycles. The maximum absolute atomic E-state index is 11.6. The quantitative estimate of drug-likeness (QED) is 0.492. The van der Waals surface area contributed by atoms with Crippen LogP contribution in [0, 0.1) is 6.92 Å². The monoisotopic (exact) mass is 313 g/mol. The van der Waals surface area contributed by atoms with Crippen molar-refractivity contribution in [2.75, 3.05) is 5.33 Å². The van der Waals surface area contributed by atoms with Gasteiger partial charge in [0.05, 0.1) is 0 Å². The molecule has 0 radical (unpaired) electrons. The van der Waals surface area contributed by atoms with Crippen molar-refractivity contribution < 1.29 is 0 Å². The molecule has 0 atom stereocenters. The summed E-state index contributed by atoms with van der Waals surface area (Å²) in [6.07, 6.45) is 10.8. The van der Waals surface area contributed by atoms with Crippen molar-refractivity contribution in [2.24, 2.45) is 0 Å². The summed E-state index contributed by atoms with van der Waals surface area (Å²) in [4.78, 5) is 11.6. The first-order valence-corrected chi connectivity index (χ1v) is 8.09. The lowest BCUT2D eigenvalue weighted by Crippen LogP contribution is -2.18. The molecule has 0 saturated carbocycles. The minimum Gasteiger partial charge on any atom is -0.316 e. The molecule has 0 fully saturated rings. The van der Waals surface area contributed by atoms with Crippen LogP contribution in [0.5, 0.6) is 0 Å². The number of alkyl halides is 1. The Morgan fingerprint density at radius 3 is 2.28 bits per heavy atom. The predicted octanol–water partition coefficient (Wildman–Crippen LogP) is 4.28. The molecule has 1 aromatic heterocycles. The molecule has 3 heteroatoms. The van der Waals surface area contributed by atoms with Crippen LogP contribution in [0.3, 0.4) is 0 Å². The fraction of sp³-hybridized carbons (Fsp3) is 0.667. The highest BCUT2D eigenvalue weighted by molar-refractivity contribution is 9.09. The minimum absolute atomic E-state index is 0.132. The molecule has 0 aliphatic rings. The predicted molar refractivity (Wildman–Crippen MR) is 81.6 cm³/mol. The zero-order valence-electron chi connectivity index (χ0n) is 11.3. The Labute approximate surface area is 119 Å². The van der Waals surface area contributed by atoms with Gasteiger partial charge in [-0.1, -0.05) is 48.0 Å². The van der Waals surface area contributed by atoms with Crippen LogP contribution in [0.15, 0.2) is 23.1 Å². The molecule has 2 nitrogen and oxygen atoms in total. The molecule has 0 aliphatic carbocycles. The van der Waals surface area contributed by atoms with Crippen LogP contribution in [0.2, 0.25) is 0 Å². The zero-order chi connectivity index (χ0) is 13.2. The number of nitrogens with zero attached hydrogens (tertiary/aromatic N) is 1. The van der Waals surface area contributed by atoms with Gasteiger partial charge in [-0.3, -0.25) is 4.79 Å². The van der Waals surface area contributed by atoms with Crippen LogP contribution in [-0.4, -0.2) is 9.90 Å². The first kappa shape index (κ1) is 15.5. The van der Waals surface area contributed by atoms with E-state index in [0.29, 0.717) is 0 Å². The Kier molecular flexibility index (Phi) is 8.06. The van der Waals surface area contributed by atoms with Crippen molar-refractivity contribution in [3.05, 3.63) is 34.2 Å². The third kappa shape index (κ3) is 6.39. The van der Waals surface area contributed by atoms with Crippen LogP contribution in [-0.2, 0) is 6.54 Å². The van der Waals surface area contributed by atoms with E-state index in [1.165, 1.54) is 38.5 Å². The SMILES string of the molecule is Cc1ccn(CCCCCCCCCBr)c(=O)c1. The van der Waals surface area contributed by atoms with Gasteiger partial charge in [0, 0.05) is 24.1 Å². The molecule has 0 aliphatic heterocycles. The van der Waals surface area contributed by atoms with Gasteiger partial charge < -0.3 is 4.57 Å². The fourth-order valence-electron chi connectivity index (χ4n) is 2.05. The van der Waals surface area contributed by atoms with Crippen LogP contribution in [0.1, 0.15) is 50.5 Å². The Morgan fingerprint density at radius 1 is 1.06 bits per heavy atom. The lowest BCUT2D eigenvalue weighted by molar-refractivity contribution is 0.543. The third-order valence-electron chi connectivity index (χ3n) is 3.18. The van der Waals surface area contributed by atoms with Gasteiger partial charge in [-0.15, -0.1) is 0 Å². The highest BCUT2D eigenvalue weighted by Crippen LogP contribution is 2.08. The van der Waals surface area contributed by atoms with E-state index in [4.69, 9.17) is 0 Å². The van der Waals surface area contributed by atoms with Crippen molar-refractivity contribution in [3.63, 3.8) is 0 Å². The van der Waals surface area contributed by atoms with E-state index in [2.05, 4.69) is 15.9 Å². The Morgan fingerprint density at radius 2 is 1.67 bits per heavy atom. The second-order valence-corrected chi connectivity index (χ2v) is 5.69. The minimum atomic E-state index is 0.132. The molecule has 0 N–H and O–H groups in total. The maximum Gasteiger partial charge on any atom is 0.250 e. The molecule has 1 rings (SSSR count).